The van der Waals surface area contributed by atoms with E-state index in [4.69, 9.17) is 0 Å². The number of likely N-dealkylation sites (N-methyl/N-ethyl adjacent to an activating group) is 1. The second-order valence-corrected chi connectivity index (χ2v) is 13.0. The SMILES string of the molecule is CCSSCCCN(CCCSSC)CCNC(=O)CCC(NC)C(=O)NC(C=O)CCC=O. The highest BCUT2D eigenvalue weighted by Gasteiger charge is 2.20. The van der Waals surface area contributed by atoms with Crippen LogP contribution in [-0.2, 0) is 19.2 Å². The molecule has 0 aromatic rings. The van der Waals surface area contributed by atoms with Crippen molar-refractivity contribution in [1.29, 1.82) is 0 Å². The summed E-state index contributed by atoms with van der Waals surface area (Å²) in [6, 6.07) is -1.27. The summed E-state index contributed by atoms with van der Waals surface area (Å²) in [5.74, 6) is 2.95. The van der Waals surface area contributed by atoms with Crippen LogP contribution in [0, 0.1) is 0 Å². The fraction of sp³-hybridized carbons (Fsp3) is 0.818. The molecule has 0 aliphatic rings. The minimum atomic E-state index is -0.693. The summed E-state index contributed by atoms with van der Waals surface area (Å²) in [5, 5.41) is 8.49. The Kier molecular flexibility index (Phi) is 24.0. The van der Waals surface area contributed by atoms with E-state index in [-0.39, 0.29) is 31.1 Å². The molecule has 0 aliphatic heterocycles. The quantitative estimate of drug-likeness (QED) is 0.0936. The van der Waals surface area contributed by atoms with Crippen molar-refractivity contribution >= 4 is 67.6 Å². The van der Waals surface area contributed by atoms with Gasteiger partial charge in [0.2, 0.25) is 11.8 Å². The predicted molar refractivity (Wildman–Crippen MR) is 151 cm³/mol. The molecule has 198 valence electrons. The average Bonchev–Trinajstić information content (AvgIpc) is 2.84. The van der Waals surface area contributed by atoms with Crippen molar-refractivity contribution < 1.29 is 19.2 Å². The molecule has 34 heavy (non-hydrogen) atoms. The molecule has 0 aromatic heterocycles. The minimum absolute atomic E-state index is 0.0891. The van der Waals surface area contributed by atoms with Gasteiger partial charge in [-0.05, 0) is 52.1 Å². The number of amides is 2. The number of nitrogens with zero attached hydrogens (tertiary/aromatic N) is 1. The Morgan fingerprint density at radius 2 is 1.71 bits per heavy atom. The fourth-order valence-electron chi connectivity index (χ4n) is 3.08. The Hall–Kier alpha value is -0.400. The van der Waals surface area contributed by atoms with E-state index in [1.165, 1.54) is 0 Å². The summed E-state index contributed by atoms with van der Waals surface area (Å²) >= 11 is 0. The Balaban J connectivity index is 4.36. The zero-order valence-corrected chi connectivity index (χ0v) is 24.0. The van der Waals surface area contributed by atoms with Gasteiger partial charge in [-0.1, -0.05) is 50.1 Å². The highest BCUT2D eigenvalue weighted by Crippen LogP contribution is 2.21. The summed E-state index contributed by atoms with van der Waals surface area (Å²) in [5.41, 5.74) is 0. The Bertz CT molecular complexity index is 561. The Morgan fingerprint density at radius 3 is 2.29 bits per heavy atom. The first kappa shape index (κ1) is 33.6. The molecule has 12 heteroatoms. The van der Waals surface area contributed by atoms with E-state index in [2.05, 4.69) is 34.0 Å². The van der Waals surface area contributed by atoms with E-state index in [1.54, 1.807) is 17.8 Å². The second kappa shape index (κ2) is 24.3. The van der Waals surface area contributed by atoms with Gasteiger partial charge in [0.25, 0.3) is 0 Å². The van der Waals surface area contributed by atoms with Crippen molar-refractivity contribution in [3.63, 3.8) is 0 Å². The maximum Gasteiger partial charge on any atom is 0.237 e. The molecule has 3 N–H and O–H groups in total. The normalized spacial score (nSPS) is 12.8. The number of carbonyl (C=O) groups is 4. The third kappa shape index (κ3) is 18.9. The number of hydrogen-bond acceptors (Lipinski definition) is 10. The first-order valence-corrected chi connectivity index (χ1v) is 17.0. The third-order valence-electron chi connectivity index (χ3n) is 4.89. The standard InChI is InChI=1S/C22H42N4O4S4/c1-4-32-34-17-7-13-26(12-6-16-33-31-3)14-11-24-21(29)10-9-20(23-2)22(30)25-19(18-28)8-5-15-27/h15,18-20,23H,4-14,16-17H2,1-3H3,(H,24,29)(H,25,30). The predicted octanol–water partition coefficient (Wildman–Crippen LogP) is 2.63. The number of hydrogen-bond donors (Lipinski definition) is 3. The molecule has 8 nitrogen and oxygen atoms in total. The monoisotopic (exact) mass is 554 g/mol. The highest BCUT2D eigenvalue weighted by atomic mass is 33.1. The van der Waals surface area contributed by atoms with E-state index < -0.39 is 12.1 Å². The smallest absolute Gasteiger partial charge is 0.237 e. The van der Waals surface area contributed by atoms with Gasteiger partial charge in [-0.3, -0.25) is 9.59 Å². The lowest BCUT2D eigenvalue weighted by Crippen LogP contribution is -2.47. The molecule has 0 saturated carbocycles. The molecule has 0 spiro atoms. The first-order valence-electron chi connectivity index (χ1n) is 11.8. The summed E-state index contributed by atoms with van der Waals surface area (Å²) in [4.78, 5) is 48.7. The molecule has 2 atom stereocenters. The van der Waals surface area contributed by atoms with Gasteiger partial charge in [-0.15, -0.1) is 0 Å². The molecule has 0 saturated heterocycles. The van der Waals surface area contributed by atoms with Crippen LogP contribution < -0.4 is 16.0 Å². The van der Waals surface area contributed by atoms with Crippen LogP contribution in [0.15, 0.2) is 0 Å². The van der Waals surface area contributed by atoms with Gasteiger partial charge in [-0.2, -0.15) is 0 Å². The van der Waals surface area contributed by atoms with E-state index in [0.29, 0.717) is 19.3 Å². The van der Waals surface area contributed by atoms with Crippen LogP contribution in [0.3, 0.4) is 0 Å². The van der Waals surface area contributed by atoms with Crippen LogP contribution in [0.1, 0.15) is 45.4 Å². The zero-order valence-electron chi connectivity index (χ0n) is 20.7. The first-order chi connectivity index (χ1) is 16.5. The van der Waals surface area contributed by atoms with Crippen LogP contribution in [0.2, 0.25) is 0 Å². The molecule has 0 fully saturated rings. The maximum absolute atomic E-state index is 12.4. The molecule has 0 heterocycles. The van der Waals surface area contributed by atoms with Crippen LogP contribution in [0.25, 0.3) is 0 Å². The Morgan fingerprint density at radius 1 is 1.00 bits per heavy atom. The van der Waals surface area contributed by atoms with Gasteiger partial charge in [0, 0.05) is 43.2 Å². The summed E-state index contributed by atoms with van der Waals surface area (Å²) in [6.07, 6.45) is 6.74. The van der Waals surface area contributed by atoms with Crippen LogP contribution in [0.4, 0.5) is 0 Å². The van der Waals surface area contributed by atoms with E-state index >= 15 is 0 Å². The molecule has 0 aromatic carbocycles. The fourth-order valence-corrected chi connectivity index (χ4v) is 6.09. The van der Waals surface area contributed by atoms with Gasteiger partial charge in [0.1, 0.15) is 12.6 Å². The lowest BCUT2D eigenvalue weighted by Gasteiger charge is -2.22. The number of aldehydes is 2. The average molecular weight is 555 g/mol. The summed E-state index contributed by atoms with van der Waals surface area (Å²) in [7, 11) is 9.13. The summed E-state index contributed by atoms with van der Waals surface area (Å²) in [6.45, 7) is 5.62. The van der Waals surface area contributed by atoms with Gasteiger partial charge < -0.3 is 30.4 Å². The number of rotatable bonds is 24. The minimum Gasteiger partial charge on any atom is -0.355 e. The molecule has 2 amide bonds. The van der Waals surface area contributed by atoms with E-state index in [1.807, 2.05) is 32.4 Å². The molecule has 0 rings (SSSR count). The molecule has 0 aliphatic carbocycles. The van der Waals surface area contributed by atoms with Crippen LogP contribution >= 0.6 is 43.2 Å². The summed E-state index contributed by atoms with van der Waals surface area (Å²) < 4.78 is 0. The number of nitrogens with one attached hydrogen (secondary N) is 3. The van der Waals surface area contributed by atoms with Gasteiger partial charge in [0.15, 0.2) is 0 Å². The second-order valence-electron chi connectivity index (χ2n) is 7.49. The van der Waals surface area contributed by atoms with E-state index in [9.17, 15) is 19.2 Å². The van der Waals surface area contributed by atoms with Crippen molar-refractivity contribution in [2.45, 2.75) is 57.5 Å². The molecular formula is C22H42N4O4S4. The molecular weight excluding hydrogens is 513 g/mol. The molecule has 2 unspecified atom stereocenters. The van der Waals surface area contributed by atoms with Gasteiger partial charge >= 0.3 is 0 Å². The van der Waals surface area contributed by atoms with E-state index in [0.717, 1.165) is 56.0 Å². The zero-order chi connectivity index (χ0) is 25.4. The van der Waals surface area contributed by atoms with Crippen LogP contribution in [0.5, 0.6) is 0 Å². The van der Waals surface area contributed by atoms with Gasteiger partial charge in [0.05, 0.1) is 12.1 Å². The highest BCUT2D eigenvalue weighted by molar-refractivity contribution is 8.76. The lowest BCUT2D eigenvalue weighted by atomic mass is 10.1. The molecule has 0 radical (unpaired) electrons. The maximum atomic E-state index is 12.4. The molecule has 0 bridgehead atoms. The Labute approximate surface area is 221 Å². The number of carbonyl (C=O) groups excluding carboxylic acids is 4. The largest absolute Gasteiger partial charge is 0.355 e. The van der Waals surface area contributed by atoms with Crippen molar-refractivity contribution in [2.24, 2.45) is 0 Å². The van der Waals surface area contributed by atoms with Crippen molar-refractivity contribution in [3.8, 4) is 0 Å². The van der Waals surface area contributed by atoms with Crippen molar-refractivity contribution in [1.82, 2.24) is 20.9 Å². The van der Waals surface area contributed by atoms with Crippen LogP contribution in [-0.4, -0.2) is 98.1 Å². The lowest BCUT2D eigenvalue weighted by molar-refractivity contribution is -0.126. The van der Waals surface area contributed by atoms with Crippen molar-refractivity contribution in [3.05, 3.63) is 0 Å². The third-order valence-corrected chi connectivity index (χ3v) is 9.35. The van der Waals surface area contributed by atoms with Crippen molar-refractivity contribution in [2.75, 3.05) is 56.7 Å². The topological polar surface area (TPSA) is 108 Å². The van der Waals surface area contributed by atoms with Gasteiger partial charge in [-0.25, -0.2) is 0 Å².